The first-order valence-corrected chi connectivity index (χ1v) is 9.54. The second-order valence-corrected chi connectivity index (χ2v) is 7.38. The van der Waals surface area contributed by atoms with E-state index >= 15 is 0 Å². The molecule has 7 heteroatoms. The fourth-order valence-corrected chi connectivity index (χ4v) is 3.80. The van der Waals surface area contributed by atoms with Crippen molar-refractivity contribution in [2.24, 2.45) is 7.05 Å². The minimum Gasteiger partial charge on any atom is -0.338 e. The van der Waals surface area contributed by atoms with Crippen molar-refractivity contribution in [3.05, 3.63) is 23.0 Å². The Morgan fingerprint density at radius 1 is 1.08 bits per heavy atom. The van der Waals surface area contributed by atoms with Gasteiger partial charge in [0.2, 0.25) is 5.91 Å². The quantitative estimate of drug-likeness (QED) is 0.730. The van der Waals surface area contributed by atoms with Gasteiger partial charge in [-0.25, -0.2) is 0 Å². The number of amides is 2. The summed E-state index contributed by atoms with van der Waals surface area (Å²) in [7, 11) is 1.91. The molecule has 142 valence electrons. The van der Waals surface area contributed by atoms with E-state index < -0.39 is 0 Å². The highest BCUT2D eigenvalue weighted by molar-refractivity contribution is 5.92. The predicted octanol–water partition coefficient (Wildman–Crippen LogP) is -0.600. The van der Waals surface area contributed by atoms with Crippen molar-refractivity contribution < 1.29 is 14.5 Å². The molecule has 7 nitrogen and oxygen atoms in total. The van der Waals surface area contributed by atoms with E-state index in [-0.39, 0.29) is 11.8 Å². The molecule has 0 aromatic carbocycles. The third-order valence-electron chi connectivity index (χ3n) is 5.60. The molecule has 2 aliphatic heterocycles. The molecule has 1 aromatic rings. The third kappa shape index (κ3) is 4.15. The third-order valence-corrected chi connectivity index (χ3v) is 5.60. The molecule has 26 heavy (non-hydrogen) atoms. The normalized spacial score (nSPS) is 18.9. The largest absolute Gasteiger partial charge is 0.338 e. The number of rotatable bonds is 4. The van der Waals surface area contributed by atoms with Crippen molar-refractivity contribution in [1.29, 1.82) is 0 Å². The second kappa shape index (κ2) is 8.03. The van der Waals surface area contributed by atoms with Crippen LogP contribution < -0.4 is 4.90 Å². The van der Waals surface area contributed by atoms with Gasteiger partial charge in [-0.2, -0.15) is 5.10 Å². The molecule has 0 aliphatic carbocycles. The van der Waals surface area contributed by atoms with Gasteiger partial charge in [-0.15, -0.1) is 0 Å². The van der Waals surface area contributed by atoms with Crippen molar-refractivity contribution in [2.45, 2.75) is 26.7 Å². The summed E-state index contributed by atoms with van der Waals surface area (Å²) in [5, 5.41) is 4.37. The van der Waals surface area contributed by atoms with Crippen LogP contribution in [0.2, 0.25) is 0 Å². The van der Waals surface area contributed by atoms with Crippen LogP contribution in [0, 0.1) is 13.8 Å². The molecule has 0 atom stereocenters. The summed E-state index contributed by atoms with van der Waals surface area (Å²) in [5.74, 6) is 0.303. The average molecular weight is 360 g/mol. The van der Waals surface area contributed by atoms with Crippen LogP contribution in [0.5, 0.6) is 0 Å². The molecular weight excluding hydrogens is 330 g/mol. The van der Waals surface area contributed by atoms with E-state index in [2.05, 4.69) is 5.10 Å². The maximum absolute atomic E-state index is 12.5. The van der Waals surface area contributed by atoms with Gasteiger partial charge in [0, 0.05) is 37.5 Å². The molecule has 2 saturated heterocycles. The number of hydrogen-bond donors (Lipinski definition) is 1. The molecule has 0 unspecified atom stereocenters. The lowest BCUT2D eigenvalue weighted by Crippen LogP contribution is -3.15. The summed E-state index contributed by atoms with van der Waals surface area (Å²) in [6.45, 7) is 9.43. The molecule has 0 spiro atoms. The molecular formula is C19H30N5O2+. The van der Waals surface area contributed by atoms with Crippen molar-refractivity contribution >= 4 is 17.9 Å². The lowest BCUT2D eigenvalue weighted by molar-refractivity contribution is -0.896. The first-order chi connectivity index (χ1) is 12.5. The van der Waals surface area contributed by atoms with Crippen LogP contribution in [0.4, 0.5) is 0 Å². The van der Waals surface area contributed by atoms with E-state index in [1.54, 1.807) is 6.08 Å². The van der Waals surface area contributed by atoms with Crippen LogP contribution in [0.3, 0.4) is 0 Å². The number of carbonyl (C=O) groups is 2. The van der Waals surface area contributed by atoms with Gasteiger partial charge in [-0.1, -0.05) is 0 Å². The van der Waals surface area contributed by atoms with Gasteiger partial charge in [0.1, 0.15) is 0 Å². The summed E-state index contributed by atoms with van der Waals surface area (Å²) >= 11 is 0. The number of carbonyl (C=O) groups excluding carboxylic acids is 2. The van der Waals surface area contributed by atoms with Gasteiger partial charge < -0.3 is 14.7 Å². The first-order valence-electron chi connectivity index (χ1n) is 9.54. The molecule has 3 heterocycles. The summed E-state index contributed by atoms with van der Waals surface area (Å²) in [4.78, 5) is 29.9. The van der Waals surface area contributed by atoms with Crippen LogP contribution in [-0.2, 0) is 16.6 Å². The van der Waals surface area contributed by atoms with Crippen molar-refractivity contribution in [2.75, 3.05) is 45.8 Å². The lowest BCUT2D eigenvalue weighted by atomic mass is 10.2. The van der Waals surface area contributed by atoms with E-state index in [4.69, 9.17) is 0 Å². The highest BCUT2D eigenvalue weighted by Crippen LogP contribution is 2.13. The standard InChI is InChI=1S/C19H29N5O2/c1-15-17(16(2)21(3)20-15)6-7-18(25)24-12-10-22(11-13-24)14-19(26)23-8-4-5-9-23/h6-7H,4-5,8-14H2,1-3H3/p+1/b7-6+. The van der Waals surface area contributed by atoms with E-state index in [1.807, 2.05) is 41.5 Å². The second-order valence-electron chi connectivity index (χ2n) is 7.38. The smallest absolute Gasteiger partial charge is 0.277 e. The summed E-state index contributed by atoms with van der Waals surface area (Å²) in [5.41, 5.74) is 3.01. The monoisotopic (exact) mass is 360 g/mol. The van der Waals surface area contributed by atoms with Crippen molar-refractivity contribution in [1.82, 2.24) is 19.6 Å². The molecule has 1 N–H and O–H groups in total. The molecule has 3 rings (SSSR count). The Balaban J connectivity index is 1.49. The number of aromatic nitrogens is 2. The van der Waals surface area contributed by atoms with E-state index in [1.165, 1.54) is 4.90 Å². The molecule has 1 aromatic heterocycles. The Labute approximate surface area is 155 Å². The number of nitrogens with one attached hydrogen (secondary N) is 1. The Morgan fingerprint density at radius 3 is 2.31 bits per heavy atom. The zero-order valence-electron chi connectivity index (χ0n) is 16.1. The molecule has 0 saturated carbocycles. The Kier molecular flexibility index (Phi) is 5.76. The van der Waals surface area contributed by atoms with Gasteiger partial charge in [0.15, 0.2) is 6.54 Å². The van der Waals surface area contributed by atoms with E-state index in [0.29, 0.717) is 19.6 Å². The molecule has 2 aliphatic rings. The first kappa shape index (κ1) is 18.6. The Bertz CT molecular complexity index is 695. The van der Waals surface area contributed by atoms with Crippen molar-refractivity contribution in [3.8, 4) is 0 Å². The fourth-order valence-electron chi connectivity index (χ4n) is 3.80. The molecule has 0 radical (unpaired) electrons. The van der Waals surface area contributed by atoms with Gasteiger partial charge in [0.25, 0.3) is 5.91 Å². The summed E-state index contributed by atoms with van der Waals surface area (Å²) in [6.07, 6.45) is 5.78. The zero-order valence-corrected chi connectivity index (χ0v) is 16.1. The van der Waals surface area contributed by atoms with Gasteiger partial charge in [-0.05, 0) is 32.8 Å². The number of piperazine rings is 1. The highest BCUT2D eigenvalue weighted by atomic mass is 16.2. The minimum absolute atomic E-state index is 0.0394. The average Bonchev–Trinajstić information content (AvgIpc) is 3.24. The topological polar surface area (TPSA) is 62.9 Å². The summed E-state index contributed by atoms with van der Waals surface area (Å²) in [6, 6.07) is 0. The number of nitrogens with zero attached hydrogens (tertiary/aromatic N) is 4. The SMILES string of the molecule is Cc1nn(C)c(C)c1/C=C/C(=O)N1CC[NH+](CC(=O)N2CCCC2)CC1. The van der Waals surface area contributed by atoms with Crippen molar-refractivity contribution in [3.63, 3.8) is 0 Å². The number of aryl methyl sites for hydroxylation is 2. The fraction of sp³-hybridized carbons (Fsp3) is 0.632. The lowest BCUT2D eigenvalue weighted by Gasteiger charge is -2.32. The van der Waals surface area contributed by atoms with Gasteiger partial charge >= 0.3 is 0 Å². The van der Waals surface area contributed by atoms with Gasteiger partial charge in [-0.3, -0.25) is 14.3 Å². The van der Waals surface area contributed by atoms with Crippen LogP contribution in [0.1, 0.15) is 29.8 Å². The summed E-state index contributed by atoms with van der Waals surface area (Å²) < 4.78 is 1.83. The van der Waals surface area contributed by atoms with Crippen LogP contribution in [-0.4, -0.2) is 77.2 Å². The minimum atomic E-state index is 0.0394. The highest BCUT2D eigenvalue weighted by Gasteiger charge is 2.27. The number of quaternary nitrogens is 1. The van der Waals surface area contributed by atoms with E-state index in [0.717, 1.165) is 56.0 Å². The predicted molar refractivity (Wildman–Crippen MR) is 99.7 cm³/mol. The molecule has 2 fully saturated rings. The maximum Gasteiger partial charge on any atom is 0.277 e. The molecule has 2 amide bonds. The maximum atomic E-state index is 12.5. The zero-order chi connectivity index (χ0) is 18.7. The molecule has 0 bridgehead atoms. The van der Waals surface area contributed by atoms with Crippen LogP contribution in [0.25, 0.3) is 6.08 Å². The Morgan fingerprint density at radius 2 is 1.73 bits per heavy atom. The van der Waals surface area contributed by atoms with Crippen LogP contribution in [0.15, 0.2) is 6.08 Å². The number of likely N-dealkylation sites (tertiary alicyclic amines) is 1. The number of hydrogen-bond acceptors (Lipinski definition) is 3. The van der Waals surface area contributed by atoms with E-state index in [9.17, 15) is 9.59 Å². The Hall–Kier alpha value is -2.15. The van der Waals surface area contributed by atoms with Gasteiger partial charge in [0.05, 0.1) is 31.9 Å². The van der Waals surface area contributed by atoms with Crippen LogP contribution >= 0.6 is 0 Å².